The molecule has 1 amide bonds. The first-order valence-corrected chi connectivity index (χ1v) is 15.4. The summed E-state index contributed by atoms with van der Waals surface area (Å²) in [6.07, 6.45) is 10.6. The summed E-state index contributed by atoms with van der Waals surface area (Å²) in [6.45, 7) is 12.9. The lowest BCUT2D eigenvalue weighted by Crippen LogP contribution is -2.39. The minimum Gasteiger partial charge on any atom is -0.494 e. The minimum atomic E-state index is 0.116. The maximum atomic E-state index is 13.7. The van der Waals surface area contributed by atoms with Crippen LogP contribution in [-0.4, -0.2) is 74.0 Å². The van der Waals surface area contributed by atoms with E-state index in [9.17, 15) is 4.79 Å². The number of ether oxygens (including phenoxy) is 1. The number of hydrogen-bond donors (Lipinski definition) is 0. The molecule has 218 valence electrons. The monoisotopic (exact) mass is 537 g/mol. The molecule has 0 fully saturated rings. The second-order valence-electron chi connectivity index (χ2n) is 11.1. The van der Waals surface area contributed by atoms with Crippen molar-refractivity contribution in [3.05, 3.63) is 65.2 Å². The van der Waals surface area contributed by atoms with E-state index in [1.165, 1.54) is 50.5 Å². The molecule has 0 aliphatic carbocycles. The van der Waals surface area contributed by atoms with Gasteiger partial charge in [0.15, 0.2) is 0 Å². The fourth-order valence-electron chi connectivity index (χ4n) is 4.67. The Balaban J connectivity index is 2.09. The topological polar surface area (TPSA) is 36.0 Å². The molecule has 0 aliphatic heterocycles. The maximum Gasteiger partial charge on any atom is 0.254 e. The van der Waals surface area contributed by atoms with Gasteiger partial charge in [0.25, 0.3) is 5.91 Å². The summed E-state index contributed by atoms with van der Waals surface area (Å²) in [4.78, 5) is 20.5. The van der Waals surface area contributed by atoms with Crippen molar-refractivity contribution in [1.82, 2.24) is 14.7 Å². The molecule has 0 aliphatic rings. The van der Waals surface area contributed by atoms with Crippen LogP contribution in [0.4, 0.5) is 0 Å². The number of aryl methyl sites for hydroxylation is 1. The number of nitrogens with zero attached hydrogens (tertiary/aromatic N) is 3. The van der Waals surface area contributed by atoms with Gasteiger partial charge in [-0.05, 0) is 94.7 Å². The summed E-state index contributed by atoms with van der Waals surface area (Å²) in [5.41, 5.74) is 3.23. The number of benzene rings is 2. The molecule has 0 unspecified atom stereocenters. The van der Waals surface area contributed by atoms with Crippen molar-refractivity contribution >= 4 is 5.91 Å². The van der Waals surface area contributed by atoms with Crippen LogP contribution in [0.15, 0.2) is 48.5 Å². The van der Waals surface area contributed by atoms with Gasteiger partial charge in [0, 0.05) is 31.7 Å². The lowest BCUT2D eigenvalue weighted by molar-refractivity contribution is 0.0720. The number of rotatable bonds is 21. The van der Waals surface area contributed by atoms with E-state index in [1.807, 2.05) is 29.2 Å². The van der Waals surface area contributed by atoms with E-state index in [0.717, 1.165) is 62.4 Å². The van der Waals surface area contributed by atoms with Gasteiger partial charge in [-0.1, -0.05) is 70.7 Å². The SMILES string of the molecule is CCCCCc1ccc(C(=O)N(CCN(CCCC)CCCC)Cc2ccc(OCCCN(C)C)cc2)cc1. The zero-order valence-corrected chi connectivity index (χ0v) is 25.6. The predicted octanol–water partition coefficient (Wildman–Crippen LogP) is 7.29. The molecule has 39 heavy (non-hydrogen) atoms. The average molecular weight is 538 g/mol. The van der Waals surface area contributed by atoms with Crippen LogP contribution in [0.3, 0.4) is 0 Å². The van der Waals surface area contributed by atoms with Crippen LogP contribution in [-0.2, 0) is 13.0 Å². The Bertz CT molecular complexity index is 888. The van der Waals surface area contributed by atoms with Gasteiger partial charge in [-0.3, -0.25) is 4.79 Å². The molecule has 0 N–H and O–H groups in total. The van der Waals surface area contributed by atoms with E-state index in [1.54, 1.807) is 0 Å². The highest BCUT2D eigenvalue weighted by atomic mass is 16.5. The van der Waals surface area contributed by atoms with Crippen molar-refractivity contribution in [3.63, 3.8) is 0 Å². The Morgan fingerprint density at radius 1 is 0.667 bits per heavy atom. The van der Waals surface area contributed by atoms with Gasteiger partial charge in [-0.15, -0.1) is 0 Å². The second kappa shape index (κ2) is 19.7. The molecule has 2 aromatic rings. The Kier molecular flexibility index (Phi) is 16.5. The van der Waals surface area contributed by atoms with Crippen molar-refractivity contribution in [2.75, 3.05) is 53.4 Å². The number of carbonyl (C=O) groups is 1. The molecule has 0 bridgehead atoms. The molecule has 5 nitrogen and oxygen atoms in total. The summed E-state index contributed by atoms with van der Waals surface area (Å²) in [7, 11) is 4.16. The highest BCUT2D eigenvalue weighted by Gasteiger charge is 2.18. The molecule has 0 atom stereocenters. The Morgan fingerprint density at radius 2 is 1.28 bits per heavy atom. The Morgan fingerprint density at radius 3 is 1.87 bits per heavy atom. The molecular weight excluding hydrogens is 482 g/mol. The third-order valence-corrected chi connectivity index (χ3v) is 7.21. The van der Waals surface area contributed by atoms with Crippen molar-refractivity contribution in [2.24, 2.45) is 0 Å². The van der Waals surface area contributed by atoms with Crippen molar-refractivity contribution in [3.8, 4) is 5.75 Å². The zero-order chi connectivity index (χ0) is 28.3. The molecule has 0 aromatic heterocycles. The van der Waals surface area contributed by atoms with E-state index in [4.69, 9.17) is 4.74 Å². The van der Waals surface area contributed by atoms with E-state index >= 15 is 0 Å². The smallest absolute Gasteiger partial charge is 0.254 e. The van der Waals surface area contributed by atoms with Crippen LogP contribution >= 0.6 is 0 Å². The van der Waals surface area contributed by atoms with E-state index < -0.39 is 0 Å². The summed E-state index contributed by atoms with van der Waals surface area (Å²) in [5.74, 6) is 1.00. The fraction of sp³-hybridized carbons (Fsp3) is 0.618. The quantitative estimate of drug-likeness (QED) is 0.157. The molecule has 5 heteroatoms. The first kappa shape index (κ1) is 32.8. The lowest BCUT2D eigenvalue weighted by atomic mass is 10.0. The summed E-state index contributed by atoms with van der Waals surface area (Å²) in [6, 6.07) is 16.6. The average Bonchev–Trinajstić information content (AvgIpc) is 2.95. The van der Waals surface area contributed by atoms with Gasteiger partial charge in [0.05, 0.1) is 6.61 Å². The van der Waals surface area contributed by atoms with Crippen molar-refractivity contribution < 1.29 is 9.53 Å². The van der Waals surface area contributed by atoms with E-state index in [2.05, 4.69) is 68.9 Å². The van der Waals surface area contributed by atoms with Crippen LogP contribution in [0.25, 0.3) is 0 Å². The van der Waals surface area contributed by atoms with Crippen LogP contribution in [0.1, 0.15) is 93.6 Å². The summed E-state index contributed by atoms with van der Waals surface area (Å²) < 4.78 is 5.92. The van der Waals surface area contributed by atoms with Crippen LogP contribution in [0.2, 0.25) is 0 Å². The highest BCUT2D eigenvalue weighted by Crippen LogP contribution is 2.17. The molecule has 0 radical (unpaired) electrons. The molecule has 0 saturated heterocycles. The third kappa shape index (κ3) is 13.5. The number of hydrogen-bond acceptors (Lipinski definition) is 4. The maximum absolute atomic E-state index is 13.7. The molecular formula is C34H55N3O2. The second-order valence-corrected chi connectivity index (χ2v) is 11.1. The van der Waals surface area contributed by atoms with Gasteiger partial charge in [-0.25, -0.2) is 0 Å². The number of unbranched alkanes of at least 4 members (excludes halogenated alkanes) is 4. The molecule has 0 saturated carbocycles. The van der Waals surface area contributed by atoms with Gasteiger partial charge in [0.2, 0.25) is 0 Å². The van der Waals surface area contributed by atoms with Gasteiger partial charge in [0.1, 0.15) is 5.75 Å². The first-order valence-electron chi connectivity index (χ1n) is 15.4. The van der Waals surface area contributed by atoms with Gasteiger partial charge in [-0.2, -0.15) is 0 Å². The van der Waals surface area contributed by atoms with Crippen molar-refractivity contribution in [2.45, 2.75) is 85.1 Å². The van der Waals surface area contributed by atoms with E-state index in [0.29, 0.717) is 13.2 Å². The minimum absolute atomic E-state index is 0.116. The summed E-state index contributed by atoms with van der Waals surface area (Å²) in [5, 5.41) is 0. The van der Waals surface area contributed by atoms with Crippen molar-refractivity contribution in [1.29, 1.82) is 0 Å². The third-order valence-electron chi connectivity index (χ3n) is 7.21. The van der Waals surface area contributed by atoms with Crippen LogP contribution < -0.4 is 4.74 Å². The van der Waals surface area contributed by atoms with Gasteiger partial charge < -0.3 is 19.4 Å². The normalized spacial score (nSPS) is 11.4. The van der Waals surface area contributed by atoms with Crippen LogP contribution in [0, 0.1) is 0 Å². The number of carbonyl (C=O) groups excluding carboxylic acids is 1. The molecule has 0 heterocycles. The summed E-state index contributed by atoms with van der Waals surface area (Å²) >= 11 is 0. The Hall–Kier alpha value is -2.37. The van der Waals surface area contributed by atoms with E-state index in [-0.39, 0.29) is 5.91 Å². The fourth-order valence-corrected chi connectivity index (χ4v) is 4.67. The first-order chi connectivity index (χ1) is 19.0. The van der Waals surface area contributed by atoms with Gasteiger partial charge >= 0.3 is 0 Å². The standard InChI is InChI=1S/C34H55N3O2/c1-6-9-12-14-30-15-19-32(20-16-30)34(38)37(27-26-36(24-10-7-2)25-11-8-3)29-31-17-21-33(22-18-31)39-28-13-23-35(4)5/h15-22H,6-14,23-29H2,1-5H3. The predicted molar refractivity (Wildman–Crippen MR) is 166 cm³/mol. The van der Waals surface area contributed by atoms with Crippen LogP contribution in [0.5, 0.6) is 5.75 Å². The Labute approximate surface area is 239 Å². The lowest BCUT2D eigenvalue weighted by Gasteiger charge is -2.28. The molecule has 2 rings (SSSR count). The number of amides is 1. The zero-order valence-electron chi connectivity index (χ0n) is 25.6. The molecule has 0 spiro atoms. The molecule has 2 aromatic carbocycles. The largest absolute Gasteiger partial charge is 0.494 e. The highest BCUT2D eigenvalue weighted by molar-refractivity contribution is 5.94.